The monoisotopic (exact) mass is 279 g/mol. The van der Waals surface area contributed by atoms with Gasteiger partial charge in [0, 0.05) is 19.3 Å². The summed E-state index contributed by atoms with van der Waals surface area (Å²) in [5, 5.41) is 0. The molecule has 0 aliphatic carbocycles. The summed E-state index contributed by atoms with van der Waals surface area (Å²) in [4.78, 5) is 13.7. The third-order valence-electron chi connectivity index (χ3n) is 3.39. The fourth-order valence-corrected chi connectivity index (χ4v) is 2.95. The van der Waals surface area contributed by atoms with Crippen LogP contribution in [0.5, 0.6) is 0 Å². The molecule has 0 aromatic heterocycles. The van der Waals surface area contributed by atoms with Gasteiger partial charge in [0.1, 0.15) is 0 Å². The van der Waals surface area contributed by atoms with E-state index in [0.29, 0.717) is 24.4 Å². The van der Waals surface area contributed by atoms with E-state index < -0.39 is 9.84 Å². The number of amides is 1. The minimum atomic E-state index is -3.18. The van der Waals surface area contributed by atoms with Crippen molar-refractivity contribution in [3.05, 3.63) is 42.0 Å². The molecule has 2 rings (SSSR count). The van der Waals surface area contributed by atoms with Gasteiger partial charge in [0.2, 0.25) is 5.91 Å². The van der Waals surface area contributed by atoms with Gasteiger partial charge in [-0.15, -0.1) is 0 Å². The molecule has 0 bridgehead atoms. The van der Waals surface area contributed by atoms with Crippen LogP contribution in [-0.4, -0.2) is 38.6 Å². The maximum absolute atomic E-state index is 11.6. The summed E-state index contributed by atoms with van der Waals surface area (Å²) in [6.45, 7) is 4.74. The van der Waals surface area contributed by atoms with Gasteiger partial charge in [0.05, 0.1) is 4.90 Å². The molecule has 0 atom stereocenters. The Morgan fingerprint density at radius 2 is 1.89 bits per heavy atom. The number of benzene rings is 1. The van der Waals surface area contributed by atoms with Crippen LogP contribution >= 0.6 is 0 Å². The minimum absolute atomic E-state index is 0.0730. The summed E-state index contributed by atoms with van der Waals surface area (Å²) in [7, 11) is -3.18. The summed E-state index contributed by atoms with van der Waals surface area (Å²) >= 11 is 0. The van der Waals surface area contributed by atoms with Crippen molar-refractivity contribution in [2.24, 2.45) is 0 Å². The molecule has 0 saturated heterocycles. The first-order valence-electron chi connectivity index (χ1n) is 6.15. The third kappa shape index (κ3) is 3.04. The molecule has 0 saturated carbocycles. The highest BCUT2D eigenvalue weighted by molar-refractivity contribution is 7.90. The first kappa shape index (κ1) is 13.8. The molecule has 1 aromatic rings. The van der Waals surface area contributed by atoms with Crippen molar-refractivity contribution in [3.8, 4) is 0 Å². The molecule has 1 amide bonds. The van der Waals surface area contributed by atoms with Crippen LogP contribution in [0.3, 0.4) is 0 Å². The maximum atomic E-state index is 11.6. The number of rotatable bonds is 2. The Kier molecular flexibility index (Phi) is 3.75. The van der Waals surface area contributed by atoms with Crippen LogP contribution in [0.25, 0.3) is 0 Å². The minimum Gasteiger partial charge on any atom is -0.339 e. The van der Waals surface area contributed by atoms with Crippen molar-refractivity contribution in [2.45, 2.75) is 17.7 Å². The van der Waals surface area contributed by atoms with E-state index >= 15 is 0 Å². The summed E-state index contributed by atoms with van der Waals surface area (Å²) < 4.78 is 23.1. The van der Waals surface area contributed by atoms with Gasteiger partial charge in [-0.3, -0.25) is 4.79 Å². The van der Waals surface area contributed by atoms with Crippen molar-refractivity contribution < 1.29 is 13.2 Å². The van der Waals surface area contributed by atoms with Gasteiger partial charge in [-0.1, -0.05) is 12.6 Å². The summed E-state index contributed by atoms with van der Waals surface area (Å²) in [5.74, 6) is -0.0730. The smallest absolute Gasteiger partial charge is 0.245 e. The molecule has 1 aliphatic heterocycles. The zero-order chi connectivity index (χ0) is 14.0. The van der Waals surface area contributed by atoms with Crippen molar-refractivity contribution in [1.29, 1.82) is 0 Å². The number of carbonyl (C=O) groups excluding carboxylic acids is 1. The van der Waals surface area contributed by atoms with Crippen LogP contribution in [0, 0.1) is 0 Å². The predicted molar refractivity (Wildman–Crippen MR) is 73.7 cm³/mol. The standard InChI is InChI=1S/C14H17NO3S/c1-3-14(16)15-8-6-11-4-5-13(19(2,17)18)10-12(11)7-9-15/h3-5,10H,1,6-9H2,2H3. The van der Waals surface area contributed by atoms with Crippen LogP contribution < -0.4 is 0 Å². The van der Waals surface area contributed by atoms with E-state index in [9.17, 15) is 13.2 Å². The molecule has 4 nitrogen and oxygen atoms in total. The number of sulfone groups is 1. The largest absolute Gasteiger partial charge is 0.339 e. The highest BCUT2D eigenvalue weighted by atomic mass is 32.2. The van der Waals surface area contributed by atoms with Gasteiger partial charge in [-0.2, -0.15) is 0 Å². The Morgan fingerprint density at radius 1 is 1.26 bits per heavy atom. The van der Waals surface area contributed by atoms with E-state index in [0.717, 1.165) is 17.5 Å². The molecule has 0 unspecified atom stereocenters. The lowest BCUT2D eigenvalue weighted by Crippen LogP contribution is -2.31. The second-order valence-electron chi connectivity index (χ2n) is 4.73. The predicted octanol–water partition coefficient (Wildman–Crippen LogP) is 1.20. The number of nitrogens with zero attached hydrogens (tertiary/aromatic N) is 1. The van der Waals surface area contributed by atoms with Crippen LogP contribution in [0.1, 0.15) is 11.1 Å². The fourth-order valence-electron chi connectivity index (χ4n) is 2.28. The lowest BCUT2D eigenvalue weighted by molar-refractivity contribution is -0.125. The van der Waals surface area contributed by atoms with E-state index in [1.165, 1.54) is 12.3 Å². The molecule has 0 fully saturated rings. The van der Waals surface area contributed by atoms with E-state index in [1.807, 2.05) is 6.07 Å². The van der Waals surface area contributed by atoms with Crippen LogP contribution in [-0.2, 0) is 27.5 Å². The van der Waals surface area contributed by atoms with Crippen molar-refractivity contribution in [1.82, 2.24) is 4.90 Å². The summed E-state index contributed by atoms with van der Waals surface area (Å²) in [6.07, 6.45) is 3.95. The fraction of sp³-hybridized carbons (Fsp3) is 0.357. The second-order valence-corrected chi connectivity index (χ2v) is 6.75. The SMILES string of the molecule is C=CC(=O)N1CCc2ccc(S(C)(=O)=O)cc2CC1. The van der Waals surface area contributed by atoms with Gasteiger partial charge < -0.3 is 4.90 Å². The number of hydrogen-bond donors (Lipinski definition) is 0. The number of carbonyl (C=O) groups is 1. The van der Waals surface area contributed by atoms with Gasteiger partial charge in [0.25, 0.3) is 0 Å². The lowest BCUT2D eigenvalue weighted by Gasteiger charge is -2.17. The molecule has 0 spiro atoms. The van der Waals surface area contributed by atoms with Crippen LogP contribution in [0.4, 0.5) is 0 Å². The van der Waals surface area contributed by atoms with E-state index in [-0.39, 0.29) is 5.91 Å². The highest BCUT2D eigenvalue weighted by Gasteiger charge is 2.18. The third-order valence-corrected chi connectivity index (χ3v) is 4.50. The Morgan fingerprint density at radius 3 is 2.47 bits per heavy atom. The molecule has 19 heavy (non-hydrogen) atoms. The second kappa shape index (κ2) is 5.17. The summed E-state index contributed by atoms with van der Waals surface area (Å²) in [6, 6.07) is 5.22. The van der Waals surface area contributed by atoms with E-state index in [2.05, 4.69) is 6.58 Å². The van der Waals surface area contributed by atoms with Gasteiger partial charge in [-0.25, -0.2) is 8.42 Å². The molecular formula is C14H17NO3S. The summed E-state index contributed by atoms with van der Waals surface area (Å²) in [5.41, 5.74) is 2.13. The maximum Gasteiger partial charge on any atom is 0.245 e. The van der Waals surface area contributed by atoms with Gasteiger partial charge >= 0.3 is 0 Å². The Hall–Kier alpha value is -1.62. The number of fused-ring (bicyclic) bond motifs is 1. The zero-order valence-corrected chi connectivity index (χ0v) is 11.7. The number of hydrogen-bond acceptors (Lipinski definition) is 3. The normalized spacial score (nSPS) is 15.5. The molecule has 1 aliphatic rings. The Balaban J connectivity index is 2.28. The van der Waals surface area contributed by atoms with Gasteiger partial charge in [0.15, 0.2) is 9.84 Å². The topological polar surface area (TPSA) is 54.5 Å². The molecule has 0 N–H and O–H groups in total. The highest BCUT2D eigenvalue weighted by Crippen LogP contribution is 2.20. The molecule has 0 radical (unpaired) electrons. The molecule has 1 heterocycles. The zero-order valence-electron chi connectivity index (χ0n) is 10.9. The van der Waals surface area contributed by atoms with Gasteiger partial charge in [-0.05, 0) is 42.2 Å². The van der Waals surface area contributed by atoms with Crippen LogP contribution in [0.15, 0.2) is 35.7 Å². The Bertz CT molecular complexity index is 620. The molecular weight excluding hydrogens is 262 g/mol. The molecule has 1 aromatic carbocycles. The molecule has 102 valence electrons. The molecule has 5 heteroatoms. The van der Waals surface area contributed by atoms with Crippen molar-refractivity contribution in [2.75, 3.05) is 19.3 Å². The van der Waals surface area contributed by atoms with Crippen molar-refractivity contribution >= 4 is 15.7 Å². The van der Waals surface area contributed by atoms with Crippen molar-refractivity contribution in [3.63, 3.8) is 0 Å². The lowest BCUT2D eigenvalue weighted by atomic mass is 10.0. The first-order valence-corrected chi connectivity index (χ1v) is 8.04. The van der Waals surface area contributed by atoms with Crippen LogP contribution in [0.2, 0.25) is 0 Å². The first-order chi connectivity index (χ1) is 8.91. The Labute approximate surface area is 113 Å². The average Bonchev–Trinajstić information content (AvgIpc) is 2.58. The quantitative estimate of drug-likeness (QED) is 0.764. The van der Waals surface area contributed by atoms with E-state index in [4.69, 9.17) is 0 Å². The average molecular weight is 279 g/mol. The van der Waals surface area contributed by atoms with E-state index in [1.54, 1.807) is 17.0 Å².